The van der Waals surface area contributed by atoms with Gasteiger partial charge in [0.05, 0.1) is 19.2 Å². The lowest BCUT2D eigenvalue weighted by Crippen LogP contribution is -2.32. The molecule has 9 heteroatoms. The van der Waals surface area contributed by atoms with Gasteiger partial charge in [-0.3, -0.25) is 20.4 Å². The molecule has 31 heavy (non-hydrogen) atoms. The van der Waals surface area contributed by atoms with Gasteiger partial charge in [0.25, 0.3) is 0 Å². The van der Waals surface area contributed by atoms with Crippen molar-refractivity contribution in [3.63, 3.8) is 0 Å². The average molecular weight is 431 g/mol. The van der Waals surface area contributed by atoms with E-state index in [1.54, 1.807) is 37.4 Å². The highest BCUT2D eigenvalue weighted by Crippen LogP contribution is 2.24. The van der Waals surface area contributed by atoms with Gasteiger partial charge in [-0.2, -0.15) is 0 Å². The molecule has 0 aliphatic carbocycles. The Morgan fingerprint density at radius 2 is 1.77 bits per heavy atom. The van der Waals surface area contributed by atoms with Gasteiger partial charge in [-0.1, -0.05) is 12.1 Å². The van der Waals surface area contributed by atoms with Crippen LogP contribution in [0.25, 0.3) is 0 Å². The van der Waals surface area contributed by atoms with E-state index in [0.29, 0.717) is 29.2 Å². The summed E-state index contributed by atoms with van der Waals surface area (Å²) in [6.07, 6.45) is -0.249. The molecule has 0 bridgehead atoms. The summed E-state index contributed by atoms with van der Waals surface area (Å²) in [5.74, 6) is 0.446. The molecule has 0 saturated heterocycles. The Kier molecular flexibility index (Phi) is 9.11. The van der Waals surface area contributed by atoms with Crippen LogP contribution in [0.4, 0.5) is 16.2 Å². The Hall–Kier alpha value is -3.30. The standard InChI is InChI=1S/C22H30N4O5/c1-25(2)12-11-23-21(27)13-16-5-9-19(10-6-16)26(3)22(28)31-15-17-7-8-18(24-29)14-20(17)30-4/h5-10,14,24,29H,11-13,15H2,1-4H3,(H,23,27). The average Bonchev–Trinajstić information content (AvgIpc) is 2.77. The maximum Gasteiger partial charge on any atom is 0.414 e. The van der Waals surface area contributed by atoms with Crippen LogP contribution in [0.2, 0.25) is 0 Å². The molecule has 3 N–H and O–H groups in total. The third kappa shape index (κ3) is 7.47. The fraction of sp³-hybridized carbons (Fsp3) is 0.364. The monoisotopic (exact) mass is 430 g/mol. The minimum atomic E-state index is -0.527. The van der Waals surface area contributed by atoms with E-state index in [4.69, 9.17) is 14.7 Å². The lowest BCUT2D eigenvalue weighted by atomic mass is 10.1. The first-order chi connectivity index (χ1) is 14.8. The van der Waals surface area contributed by atoms with Crippen molar-refractivity contribution in [1.29, 1.82) is 0 Å². The van der Waals surface area contributed by atoms with E-state index < -0.39 is 6.09 Å². The van der Waals surface area contributed by atoms with Crippen molar-refractivity contribution in [3.05, 3.63) is 53.6 Å². The Morgan fingerprint density at radius 3 is 2.39 bits per heavy atom. The smallest absolute Gasteiger partial charge is 0.414 e. The van der Waals surface area contributed by atoms with E-state index in [2.05, 4.69) is 5.32 Å². The van der Waals surface area contributed by atoms with Crippen LogP contribution in [0.1, 0.15) is 11.1 Å². The summed E-state index contributed by atoms with van der Waals surface area (Å²) in [6.45, 7) is 1.40. The minimum absolute atomic E-state index is 0.0171. The first-order valence-corrected chi connectivity index (χ1v) is 9.82. The molecular weight excluding hydrogens is 400 g/mol. The van der Waals surface area contributed by atoms with Crippen molar-refractivity contribution < 1.29 is 24.3 Å². The summed E-state index contributed by atoms with van der Waals surface area (Å²) in [6, 6.07) is 12.1. The number of nitrogens with zero attached hydrogens (tertiary/aromatic N) is 2. The minimum Gasteiger partial charge on any atom is -0.496 e. The van der Waals surface area contributed by atoms with Crippen LogP contribution in [0.3, 0.4) is 0 Å². The summed E-state index contributed by atoms with van der Waals surface area (Å²) in [4.78, 5) is 27.8. The maximum absolute atomic E-state index is 12.4. The van der Waals surface area contributed by atoms with Gasteiger partial charge >= 0.3 is 6.09 Å². The van der Waals surface area contributed by atoms with E-state index in [-0.39, 0.29) is 18.9 Å². The quantitative estimate of drug-likeness (QED) is 0.498. The van der Waals surface area contributed by atoms with Crippen LogP contribution in [0.15, 0.2) is 42.5 Å². The predicted molar refractivity (Wildman–Crippen MR) is 119 cm³/mol. The van der Waals surface area contributed by atoms with Gasteiger partial charge in [0, 0.05) is 37.5 Å². The summed E-state index contributed by atoms with van der Waals surface area (Å²) in [5.41, 5.74) is 4.68. The molecule has 2 aromatic rings. The number of benzene rings is 2. The first-order valence-electron chi connectivity index (χ1n) is 9.82. The van der Waals surface area contributed by atoms with E-state index >= 15 is 0 Å². The van der Waals surface area contributed by atoms with E-state index in [1.165, 1.54) is 12.0 Å². The highest BCUT2D eigenvalue weighted by atomic mass is 16.6. The van der Waals surface area contributed by atoms with Gasteiger partial charge in [-0.25, -0.2) is 4.79 Å². The second-order valence-electron chi connectivity index (χ2n) is 7.25. The van der Waals surface area contributed by atoms with Crippen LogP contribution in [0.5, 0.6) is 5.75 Å². The number of hydrogen-bond donors (Lipinski definition) is 3. The number of rotatable bonds is 10. The summed E-state index contributed by atoms with van der Waals surface area (Å²) >= 11 is 0. The van der Waals surface area contributed by atoms with Gasteiger partial charge in [-0.15, -0.1) is 0 Å². The zero-order valence-corrected chi connectivity index (χ0v) is 18.3. The van der Waals surface area contributed by atoms with Crippen LogP contribution in [0, 0.1) is 0 Å². The van der Waals surface area contributed by atoms with Gasteiger partial charge in [0.15, 0.2) is 0 Å². The number of hydrogen-bond acceptors (Lipinski definition) is 7. The number of methoxy groups -OCH3 is 1. The van der Waals surface area contributed by atoms with Crippen molar-refractivity contribution in [2.45, 2.75) is 13.0 Å². The number of carbonyl (C=O) groups is 2. The third-order valence-corrected chi connectivity index (χ3v) is 4.61. The van der Waals surface area contributed by atoms with Crippen molar-refractivity contribution in [1.82, 2.24) is 10.2 Å². The second kappa shape index (κ2) is 11.8. The Bertz CT molecular complexity index is 871. The second-order valence-corrected chi connectivity index (χ2v) is 7.25. The molecule has 9 nitrogen and oxygen atoms in total. The number of likely N-dealkylation sites (N-methyl/N-ethyl adjacent to an activating group) is 1. The van der Waals surface area contributed by atoms with E-state index in [1.807, 2.05) is 36.6 Å². The Balaban J connectivity index is 1.89. The lowest BCUT2D eigenvalue weighted by molar-refractivity contribution is -0.120. The SMILES string of the molecule is COc1cc(NO)ccc1COC(=O)N(C)c1ccc(CC(=O)NCCN(C)C)cc1. The molecule has 0 fully saturated rings. The van der Waals surface area contributed by atoms with Gasteiger partial charge in [0.1, 0.15) is 12.4 Å². The number of ether oxygens (including phenoxy) is 2. The van der Waals surface area contributed by atoms with Gasteiger partial charge in [0.2, 0.25) is 5.91 Å². The van der Waals surface area contributed by atoms with E-state index in [0.717, 1.165) is 12.1 Å². The zero-order valence-electron chi connectivity index (χ0n) is 18.3. The lowest BCUT2D eigenvalue weighted by Gasteiger charge is -2.18. The number of amides is 2. The van der Waals surface area contributed by atoms with Crippen LogP contribution in [-0.4, -0.2) is 63.4 Å². The highest BCUT2D eigenvalue weighted by molar-refractivity contribution is 5.87. The number of carbonyl (C=O) groups excluding carboxylic acids is 2. The van der Waals surface area contributed by atoms with Crippen LogP contribution in [-0.2, 0) is 22.6 Å². The molecule has 0 saturated carbocycles. The molecule has 0 aliphatic rings. The fourth-order valence-electron chi connectivity index (χ4n) is 2.78. The van der Waals surface area contributed by atoms with Crippen molar-refractivity contribution in [2.24, 2.45) is 0 Å². The van der Waals surface area contributed by atoms with Crippen molar-refractivity contribution >= 4 is 23.4 Å². The predicted octanol–water partition coefficient (Wildman–Crippen LogP) is 2.49. The maximum atomic E-state index is 12.4. The molecule has 2 amide bonds. The molecule has 2 aromatic carbocycles. The summed E-state index contributed by atoms with van der Waals surface area (Å²) in [5, 5.41) is 11.8. The van der Waals surface area contributed by atoms with Crippen molar-refractivity contribution in [2.75, 3.05) is 51.7 Å². The van der Waals surface area contributed by atoms with Gasteiger partial charge < -0.3 is 19.7 Å². The van der Waals surface area contributed by atoms with Crippen LogP contribution >= 0.6 is 0 Å². The molecule has 0 aromatic heterocycles. The summed E-state index contributed by atoms with van der Waals surface area (Å²) in [7, 11) is 7.01. The molecule has 0 atom stereocenters. The van der Waals surface area contributed by atoms with E-state index in [9.17, 15) is 9.59 Å². The summed E-state index contributed by atoms with van der Waals surface area (Å²) < 4.78 is 10.6. The Morgan fingerprint density at radius 1 is 1.06 bits per heavy atom. The normalized spacial score (nSPS) is 10.5. The molecule has 168 valence electrons. The first kappa shape index (κ1) is 24.0. The molecule has 0 heterocycles. The van der Waals surface area contributed by atoms with Crippen molar-refractivity contribution in [3.8, 4) is 5.75 Å². The highest BCUT2D eigenvalue weighted by Gasteiger charge is 2.14. The molecule has 0 radical (unpaired) electrons. The molecule has 0 spiro atoms. The molecule has 2 rings (SSSR count). The topological polar surface area (TPSA) is 103 Å². The van der Waals surface area contributed by atoms with Gasteiger partial charge in [-0.05, 0) is 43.9 Å². The molecule has 0 unspecified atom stereocenters. The molecule has 0 aliphatic heterocycles. The zero-order chi connectivity index (χ0) is 22.8. The number of anilines is 2. The third-order valence-electron chi connectivity index (χ3n) is 4.61. The Labute approximate surface area is 182 Å². The molecular formula is C22H30N4O5. The number of nitrogens with one attached hydrogen (secondary N) is 2. The largest absolute Gasteiger partial charge is 0.496 e. The fourth-order valence-corrected chi connectivity index (χ4v) is 2.78. The van der Waals surface area contributed by atoms with Crippen LogP contribution < -0.4 is 20.4 Å².